The fourth-order valence-corrected chi connectivity index (χ4v) is 2.25. The highest BCUT2D eigenvalue weighted by Gasteiger charge is 2.23. The molecule has 1 aliphatic heterocycles. The second-order valence-corrected chi connectivity index (χ2v) is 4.82. The molecular weight excluding hydrogens is 319 g/mol. The molecule has 16 heavy (non-hydrogen) atoms. The van der Waals surface area contributed by atoms with E-state index in [0.29, 0.717) is 18.5 Å². The molecule has 1 saturated heterocycles. The summed E-state index contributed by atoms with van der Waals surface area (Å²) < 4.78 is 0.912. The van der Waals surface area contributed by atoms with Gasteiger partial charge in [-0.1, -0.05) is 12.1 Å². The number of carbonyl (C=O) groups excluding carboxylic acids is 2. The Morgan fingerprint density at radius 3 is 2.81 bits per heavy atom. The van der Waals surface area contributed by atoms with Crippen LogP contribution in [0.2, 0.25) is 0 Å². The normalized spacial score (nSPS) is 19.3. The molecule has 0 aromatic heterocycles. The zero-order chi connectivity index (χ0) is 11.5. The Morgan fingerprint density at radius 2 is 2.19 bits per heavy atom. The maximum Gasteiger partial charge on any atom is 0.252 e. The maximum absolute atomic E-state index is 11.9. The van der Waals surface area contributed by atoms with Gasteiger partial charge < -0.3 is 10.6 Å². The molecule has 0 saturated carbocycles. The van der Waals surface area contributed by atoms with Crippen LogP contribution >= 0.6 is 22.6 Å². The summed E-state index contributed by atoms with van der Waals surface area (Å²) in [7, 11) is 0. The van der Waals surface area contributed by atoms with E-state index in [0.717, 1.165) is 3.57 Å². The first-order valence-corrected chi connectivity index (χ1v) is 6.07. The highest BCUT2D eigenvalue weighted by molar-refractivity contribution is 14.1. The molecule has 1 aromatic rings. The van der Waals surface area contributed by atoms with Crippen molar-refractivity contribution in [2.45, 2.75) is 12.5 Å². The smallest absolute Gasteiger partial charge is 0.252 e. The molecule has 84 valence electrons. The Hall–Kier alpha value is -1.11. The predicted octanol–water partition coefficient (Wildman–Crippen LogP) is 0.909. The number of rotatable bonds is 2. The predicted molar refractivity (Wildman–Crippen MR) is 68.0 cm³/mol. The van der Waals surface area contributed by atoms with Gasteiger partial charge in [0.1, 0.15) is 0 Å². The Labute approximate surface area is 107 Å². The average molecular weight is 330 g/mol. The zero-order valence-electron chi connectivity index (χ0n) is 8.50. The number of nitrogens with one attached hydrogen (secondary N) is 2. The zero-order valence-corrected chi connectivity index (χ0v) is 10.7. The van der Waals surface area contributed by atoms with Gasteiger partial charge in [-0.25, -0.2) is 0 Å². The molecule has 1 aliphatic rings. The van der Waals surface area contributed by atoms with Gasteiger partial charge in [-0.3, -0.25) is 9.59 Å². The van der Waals surface area contributed by atoms with Crippen LogP contribution in [-0.2, 0) is 4.79 Å². The van der Waals surface area contributed by atoms with E-state index in [9.17, 15) is 9.59 Å². The standard InChI is InChI=1S/C11H11IN2O2/c12-9-4-2-1-3-8(9)11(16)14-7-5-10(15)13-6-7/h1-4,7H,5-6H2,(H,13,15)(H,14,16). The van der Waals surface area contributed by atoms with Crippen LogP contribution in [0.1, 0.15) is 16.8 Å². The number of carbonyl (C=O) groups is 2. The molecule has 0 radical (unpaired) electrons. The number of hydrogen-bond acceptors (Lipinski definition) is 2. The summed E-state index contributed by atoms with van der Waals surface area (Å²) in [5.74, 6) is -0.125. The lowest BCUT2D eigenvalue weighted by molar-refractivity contribution is -0.119. The van der Waals surface area contributed by atoms with E-state index in [1.807, 2.05) is 18.2 Å². The Balaban J connectivity index is 2.03. The summed E-state index contributed by atoms with van der Waals surface area (Å²) in [6.07, 6.45) is 0.370. The molecule has 1 atom stereocenters. The van der Waals surface area contributed by atoms with E-state index in [1.54, 1.807) is 6.07 Å². The van der Waals surface area contributed by atoms with Crippen molar-refractivity contribution in [3.05, 3.63) is 33.4 Å². The van der Waals surface area contributed by atoms with Crippen LogP contribution in [0.25, 0.3) is 0 Å². The molecule has 1 aromatic carbocycles. The molecule has 1 fully saturated rings. The molecule has 2 N–H and O–H groups in total. The van der Waals surface area contributed by atoms with Crippen molar-refractivity contribution in [2.24, 2.45) is 0 Å². The summed E-state index contributed by atoms with van der Waals surface area (Å²) in [6, 6.07) is 7.29. The van der Waals surface area contributed by atoms with E-state index in [1.165, 1.54) is 0 Å². The summed E-state index contributed by atoms with van der Waals surface area (Å²) in [6.45, 7) is 0.522. The molecule has 0 spiro atoms. The van der Waals surface area contributed by atoms with Crippen molar-refractivity contribution in [3.8, 4) is 0 Å². The van der Waals surface area contributed by atoms with Crippen LogP contribution in [0.4, 0.5) is 0 Å². The van der Waals surface area contributed by atoms with Crippen molar-refractivity contribution >= 4 is 34.4 Å². The quantitative estimate of drug-likeness (QED) is 0.792. The minimum absolute atomic E-state index is 0.00643. The van der Waals surface area contributed by atoms with E-state index in [2.05, 4.69) is 33.2 Å². The fourth-order valence-electron chi connectivity index (χ4n) is 1.62. The van der Waals surface area contributed by atoms with Gasteiger partial charge in [0.15, 0.2) is 0 Å². The minimum Gasteiger partial charge on any atom is -0.354 e. The molecule has 4 nitrogen and oxygen atoms in total. The minimum atomic E-state index is -0.119. The monoisotopic (exact) mass is 330 g/mol. The second-order valence-electron chi connectivity index (χ2n) is 3.66. The Bertz CT molecular complexity index is 434. The lowest BCUT2D eigenvalue weighted by Crippen LogP contribution is -2.36. The van der Waals surface area contributed by atoms with Crippen molar-refractivity contribution in [1.82, 2.24) is 10.6 Å². The summed E-state index contributed by atoms with van der Waals surface area (Å²) in [4.78, 5) is 22.8. The summed E-state index contributed by atoms with van der Waals surface area (Å²) in [5.41, 5.74) is 0.655. The largest absolute Gasteiger partial charge is 0.354 e. The number of amides is 2. The summed E-state index contributed by atoms with van der Waals surface area (Å²) in [5, 5.41) is 5.52. The molecule has 0 bridgehead atoms. The van der Waals surface area contributed by atoms with Crippen molar-refractivity contribution in [2.75, 3.05) is 6.54 Å². The van der Waals surface area contributed by atoms with E-state index in [4.69, 9.17) is 0 Å². The highest BCUT2D eigenvalue weighted by Crippen LogP contribution is 2.12. The van der Waals surface area contributed by atoms with Gasteiger partial charge in [0.05, 0.1) is 11.6 Å². The molecule has 1 unspecified atom stereocenters. The number of benzene rings is 1. The topological polar surface area (TPSA) is 58.2 Å². The van der Waals surface area contributed by atoms with Crippen molar-refractivity contribution in [3.63, 3.8) is 0 Å². The first-order chi connectivity index (χ1) is 7.66. The fraction of sp³-hybridized carbons (Fsp3) is 0.273. The van der Waals surface area contributed by atoms with E-state index < -0.39 is 0 Å². The number of halogens is 1. The highest BCUT2D eigenvalue weighted by atomic mass is 127. The van der Waals surface area contributed by atoms with Crippen LogP contribution < -0.4 is 10.6 Å². The van der Waals surface area contributed by atoms with Gasteiger partial charge in [0, 0.05) is 16.5 Å². The maximum atomic E-state index is 11.9. The molecular formula is C11H11IN2O2. The van der Waals surface area contributed by atoms with Gasteiger partial charge in [0.2, 0.25) is 5.91 Å². The van der Waals surface area contributed by atoms with Crippen LogP contribution in [0, 0.1) is 3.57 Å². The SMILES string of the molecule is O=C1CC(NC(=O)c2ccccc2I)CN1. The van der Waals surface area contributed by atoms with Gasteiger partial charge in [-0.05, 0) is 34.7 Å². The Morgan fingerprint density at radius 1 is 1.44 bits per heavy atom. The van der Waals surface area contributed by atoms with Crippen LogP contribution in [0.15, 0.2) is 24.3 Å². The third-order valence-corrected chi connectivity index (χ3v) is 3.37. The van der Waals surface area contributed by atoms with E-state index >= 15 is 0 Å². The third-order valence-electron chi connectivity index (χ3n) is 2.43. The first kappa shape index (κ1) is 11.4. The lowest BCUT2D eigenvalue weighted by atomic mass is 10.2. The van der Waals surface area contributed by atoms with Gasteiger partial charge in [-0.15, -0.1) is 0 Å². The van der Waals surface area contributed by atoms with Crippen LogP contribution in [-0.4, -0.2) is 24.4 Å². The molecule has 1 heterocycles. The van der Waals surface area contributed by atoms with Crippen LogP contribution in [0.3, 0.4) is 0 Å². The Kier molecular flexibility index (Phi) is 3.42. The molecule has 5 heteroatoms. The first-order valence-electron chi connectivity index (χ1n) is 4.99. The molecule has 2 rings (SSSR count). The average Bonchev–Trinajstić information content (AvgIpc) is 2.64. The number of hydrogen-bond donors (Lipinski definition) is 2. The third kappa shape index (κ3) is 2.52. The molecule has 2 amide bonds. The van der Waals surface area contributed by atoms with Crippen LogP contribution in [0.5, 0.6) is 0 Å². The van der Waals surface area contributed by atoms with Gasteiger partial charge in [-0.2, -0.15) is 0 Å². The second kappa shape index (κ2) is 4.82. The van der Waals surface area contributed by atoms with Crippen molar-refractivity contribution < 1.29 is 9.59 Å². The lowest BCUT2D eigenvalue weighted by Gasteiger charge is -2.11. The molecule has 0 aliphatic carbocycles. The van der Waals surface area contributed by atoms with Crippen molar-refractivity contribution in [1.29, 1.82) is 0 Å². The van der Waals surface area contributed by atoms with Gasteiger partial charge in [0.25, 0.3) is 5.91 Å². The van der Waals surface area contributed by atoms with E-state index in [-0.39, 0.29) is 17.9 Å². The van der Waals surface area contributed by atoms with Gasteiger partial charge >= 0.3 is 0 Å². The summed E-state index contributed by atoms with van der Waals surface area (Å²) >= 11 is 2.12.